The average molecular weight is 145 g/mol. The van der Waals surface area contributed by atoms with E-state index in [0.29, 0.717) is 0 Å². The van der Waals surface area contributed by atoms with Gasteiger partial charge in [0.25, 0.3) is 0 Å². The number of hydrogen-bond acceptors (Lipinski definition) is 3. The molecule has 0 radical (unpaired) electrons. The second-order valence-electron chi connectivity index (χ2n) is 2.46. The van der Waals surface area contributed by atoms with Gasteiger partial charge in [-0.2, -0.15) is 0 Å². The van der Waals surface area contributed by atoms with E-state index in [9.17, 15) is 9.59 Å². The molecule has 5 N–H and O–H groups in total. The van der Waals surface area contributed by atoms with Crippen LogP contribution in [-0.2, 0) is 9.59 Å². The molecule has 10 heavy (non-hydrogen) atoms. The van der Waals surface area contributed by atoms with Crippen molar-refractivity contribution in [2.24, 2.45) is 17.0 Å². The molecule has 5 heteroatoms. The molecular formula is C5H11N3O2. The fourth-order valence-electron chi connectivity index (χ4n) is 0.292. The molecule has 2 amide bonds. The van der Waals surface area contributed by atoms with E-state index < -0.39 is 17.2 Å². The van der Waals surface area contributed by atoms with Crippen LogP contribution >= 0.6 is 0 Å². The Bertz CT molecular complexity index is 164. The quantitative estimate of drug-likeness (QED) is 0.190. The summed E-state index contributed by atoms with van der Waals surface area (Å²) >= 11 is 0. The highest BCUT2D eigenvalue weighted by atomic mass is 16.2. The summed E-state index contributed by atoms with van der Waals surface area (Å²) < 4.78 is 0. The number of primary amides is 1. The molecule has 0 rings (SSSR count). The van der Waals surface area contributed by atoms with Crippen molar-refractivity contribution in [2.45, 2.75) is 13.8 Å². The van der Waals surface area contributed by atoms with Crippen molar-refractivity contribution in [1.29, 1.82) is 0 Å². The van der Waals surface area contributed by atoms with Gasteiger partial charge in [0.15, 0.2) is 0 Å². The van der Waals surface area contributed by atoms with Crippen molar-refractivity contribution >= 4 is 11.8 Å². The summed E-state index contributed by atoms with van der Waals surface area (Å²) in [7, 11) is 0. The zero-order valence-electron chi connectivity index (χ0n) is 5.97. The maximum atomic E-state index is 10.7. The first-order chi connectivity index (χ1) is 4.42. The van der Waals surface area contributed by atoms with E-state index in [2.05, 4.69) is 0 Å². The normalized spacial score (nSPS) is 10.7. The highest BCUT2D eigenvalue weighted by Gasteiger charge is 2.33. The molecule has 0 atom stereocenters. The van der Waals surface area contributed by atoms with Gasteiger partial charge in [-0.25, -0.2) is 5.84 Å². The number of carbonyl (C=O) groups is 2. The molecule has 0 heterocycles. The monoisotopic (exact) mass is 145 g/mol. The number of rotatable bonds is 2. The number of nitrogens with one attached hydrogen (secondary N) is 1. The van der Waals surface area contributed by atoms with Crippen LogP contribution in [0.2, 0.25) is 0 Å². The molecule has 5 nitrogen and oxygen atoms in total. The van der Waals surface area contributed by atoms with Crippen LogP contribution in [0.1, 0.15) is 13.8 Å². The van der Waals surface area contributed by atoms with Gasteiger partial charge in [-0.3, -0.25) is 15.0 Å². The van der Waals surface area contributed by atoms with Crippen LogP contribution in [0.4, 0.5) is 0 Å². The second-order valence-corrected chi connectivity index (χ2v) is 2.46. The SMILES string of the molecule is CC(C)(C(N)=O)C(=O)NN. The Morgan fingerprint density at radius 3 is 1.90 bits per heavy atom. The molecule has 0 saturated heterocycles. The summed E-state index contributed by atoms with van der Waals surface area (Å²) in [5.41, 5.74) is 5.51. The van der Waals surface area contributed by atoms with Crippen molar-refractivity contribution in [3.05, 3.63) is 0 Å². The predicted octanol–water partition coefficient (Wildman–Crippen LogP) is -1.51. The zero-order chi connectivity index (χ0) is 8.36. The Morgan fingerprint density at radius 1 is 1.40 bits per heavy atom. The van der Waals surface area contributed by atoms with Crippen LogP contribution in [0.15, 0.2) is 0 Å². The maximum Gasteiger partial charge on any atom is 0.248 e. The summed E-state index contributed by atoms with van der Waals surface area (Å²) in [5.74, 6) is 3.51. The zero-order valence-corrected chi connectivity index (χ0v) is 5.97. The molecule has 0 fully saturated rings. The molecule has 0 aromatic heterocycles. The van der Waals surface area contributed by atoms with E-state index in [1.54, 1.807) is 0 Å². The minimum Gasteiger partial charge on any atom is -0.369 e. The molecule has 0 spiro atoms. The van der Waals surface area contributed by atoms with Gasteiger partial charge in [0.05, 0.1) is 0 Å². The lowest BCUT2D eigenvalue weighted by molar-refractivity contribution is -0.139. The fourth-order valence-corrected chi connectivity index (χ4v) is 0.292. The molecule has 0 saturated carbocycles. The molecule has 0 aromatic carbocycles. The van der Waals surface area contributed by atoms with Crippen LogP contribution in [0, 0.1) is 5.41 Å². The van der Waals surface area contributed by atoms with Gasteiger partial charge in [-0.1, -0.05) is 0 Å². The topological polar surface area (TPSA) is 98.2 Å². The third-order valence-electron chi connectivity index (χ3n) is 1.31. The van der Waals surface area contributed by atoms with Crippen LogP contribution in [0.3, 0.4) is 0 Å². The largest absolute Gasteiger partial charge is 0.369 e. The first-order valence-electron chi connectivity index (χ1n) is 2.74. The Labute approximate surface area is 58.7 Å². The molecule has 0 aliphatic carbocycles. The average Bonchev–Trinajstić information content (AvgIpc) is 1.86. The van der Waals surface area contributed by atoms with Gasteiger partial charge in [-0.05, 0) is 13.8 Å². The molecule has 0 aliphatic heterocycles. The molecule has 0 aromatic rings. The molecule has 0 unspecified atom stereocenters. The van der Waals surface area contributed by atoms with E-state index in [1.807, 2.05) is 5.43 Å². The van der Waals surface area contributed by atoms with Crippen molar-refractivity contribution in [2.75, 3.05) is 0 Å². The summed E-state index contributed by atoms with van der Waals surface area (Å²) in [4.78, 5) is 21.3. The Balaban J connectivity index is 4.40. The minimum absolute atomic E-state index is 0.583. The first kappa shape index (κ1) is 8.90. The fraction of sp³-hybridized carbons (Fsp3) is 0.600. The number of amides is 2. The van der Waals surface area contributed by atoms with Crippen LogP contribution in [0.25, 0.3) is 0 Å². The van der Waals surface area contributed by atoms with Crippen molar-refractivity contribution in [1.82, 2.24) is 5.43 Å². The Hall–Kier alpha value is -1.10. The van der Waals surface area contributed by atoms with Gasteiger partial charge in [-0.15, -0.1) is 0 Å². The molecule has 0 bridgehead atoms. The van der Waals surface area contributed by atoms with Crippen molar-refractivity contribution in [3.63, 3.8) is 0 Å². The van der Waals surface area contributed by atoms with Gasteiger partial charge in [0, 0.05) is 0 Å². The van der Waals surface area contributed by atoms with Crippen molar-refractivity contribution < 1.29 is 9.59 Å². The van der Waals surface area contributed by atoms with E-state index in [-0.39, 0.29) is 0 Å². The third kappa shape index (κ3) is 1.44. The van der Waals surface area contributed by atoms with Gasteiger partial charge in [0.2, 0.25) is 11.8 Å². The first-order valence-corrected chi connectivity index (χ1v) is 2.74. The molecular weight excluding hydrogens is 134 g/mol. The van der Waals surface area contributed by atoms with E-state index in [4.69, 9.17) is 11.6 Å². The highest BCUT2D eigenvalue weighted by Crippen LogP contribution is 2.12. The van der Waals surface area contributed by atoms with E-state index >= 15 is 0 Å². The molecule has 0 aliphatic rings. The van der Waals surface area contributed by atoms with Crippen LogP contribution in [-0.4, -0.2) is 11.8 Å². The van der Waals surface area contributed by atoms with Crippen LogP contribution in [0.5, 0.6) is 0 Å². The second kappa shape index (κ2) is 2.66. The van der Waals surface area contributed by atoms with E-state index in [1.165, 1.54) is 13.8 Å². The molecule has 58 valence electrons. The lowest BCUT2D eigenvalue weighted by Crippen LogP contribution is -2.48. The maximum absolute atomic E-state index is 10.7. The van der Waals surface area contributed by atoms with Gasteiger partial charge in [0.1, 0.15) is 5.41 Å². The Morgan fingerprint density at radius 2 is 1.80 bits per heavy atom. The number of carbonyl (C=O) groups excluding carboxylic acids is 2. The van der Waals surface area contributed by atoms with Crippen molar-refractivity contribution in [3.8, 4) is 0 Å². The predicted molar refractivity (Wildman–Crippen MR) is 35.3 cm³/mol. The van der Waals surface area contributed by atoms with Gasteiger partial charge < -0.3 is 5.73 Å². The summed E-state index contributed by atoms with van der Waals surface area (Å²) in [6, 6.07) is 0. The lowest BCUT2D eigenvalue weighted by atomic mass is 9.92. The standard InChI is InChI=1S/C5H11N3O2/c1-5(2,3(6)9)4(10)8-7/h7H2,1-2H3,(H2,6,9)(H,8,10). The highest BCUT2D eigenvalue weighted by molar-refractivity contribution is 6.03. The Kier molecular flexibility index (Phi) is 2.36. The minimum atomic E-state index is -1.23. The van der Waals surface area contributed by atoms with Crippen LogP contribution < -0.4 is 17.0 Å². The summed E-state index contributed by atoms with van der Waals surface area (Å²) in [5, 5.41) is 0. The van der Waals surface area contributed by atoms with E-state index in [0.717, 1.165) is 0 Å². The third-order valence-corrected chi connectivity index (χ3v) is 1.31. The number of nitrogens with two attached hydrogens (primary N) is 2. The summed E-state index contributed by atoms with van der Waals surface area (Å²) in [6.07, 6.45) is 0. The number of hydrogen-bond donors (Lipinski definition) is 3. The smallest absolute Gasteiger partial charge is 0.248 e. The lowest BCUT2D eigenvalue weighted by Gasteiger charge is -2.16. The van der Waals surface area contributed by atoms with Gasteiger partial charge >= 0.3 is 0 Å². The number of hydrazine groups is 1. The summed E-state index contributed by atoms with van der Waals surface area (Å²) in [6.45, 7) is 2.80.